The maximum atomic E-state index is 12.1. The second kappa shape index (κ2) is 7.35. The number of amides is 1. The number of carbonyl (C=O) groups is 1. The Balaban J connectivity index is 1.61. The maximum Gasteiger partial charge on any atom is 0.410 e. The zero-order valence-corrected chi connectivity index (χ0v) is 15.7. The van der Waals surface area contributed by atoms with E-state index in [0.29, 0.717) is 31.5 Å². The molecule has 0 unspecified atom stereocenters. The van der Waals surface area contributed by atoms with Crippen LogP contribution in [-0.4, -0.2) is 53.4 Å². The van der Waals surface area contributed by atoms with Gasteiger partial charge < -0.3 is 19.1 Å². The Morgan fingerprint density at radius 3 is 2.46 bits per heavy atom. The Morgan fingerprint density at radius 2 is 1.85 bits per heavy atom. The average Bonchev–Trinajstić information content (AvgIpc) is 3.07. The number of carbonyl (C=O) groups excluding carboxylic acids is 1. The summed E-state index contributed by atoms with van der Waals surface area (Å²) in [6.45, 7) is 7.33. The fraction of sp³-hybridized carbons (Fsp3) is 0.526. The molecule has 1 aromatic carbocycles. The largest absolute Gasteiger partial charge is 0.477 e. The van der Waals surface area contributed by atoms with Crippen molar-refractivity contribution >= 4 is 17.1 Å². The molecule has 1 aromatic heterocycles. The molecule has 7 heteroatoms. The number of benzene rings is 1. The van der Waals surface area contributed by atoms with Gasteiger partial charge in [0.25, 0.3) is 11.8 Å². The first kappa shape index (κ1) is 18.2. The predicted octanol–water partition coefficient (Wildman–Crippen LogP) is 3.27. The van der Waals surface area contributed by atoms with Crippen molar-refractivity contribution < 1.29 is 19.0 Å². The van der Waals surface area contributed by atoms with Crippen molar-refractivity contribution in [1.82, 2.24) is 14.9 Å². The topological polar surface area (TPSA) is 73.8 Å². The molecule has 1 aliphatic heterocycles. The fourth-order valence-corrected chi connectivity index (χ4v) is 2.85. The highest BCUT2D eigenvalue weighted by molar-refractivity contribution is 5.75. The fourth-order valence-electron chi connectivity index (χ4n) is 2.85. The van der Waals surface area contributed by atoms with E-state index in [9.17, 15) is 4.79 Å². The normalized spacial score (nSPS) is 17.4. The molecule has 0 radical (unpaired) electrons. The van der Waals surface area contributed by atoms with Crippen LogP contribution < -0.4 is 9.47 Å². The van der Waals surface area contributed by atoms with Crippen molar-refractivity contribution in [2.75, 3.05) is 26.8 Å². The van der Waals surface area contributed by atoms with E-state index in [4.69, 9.17) is 14.2 Å². The molecule has 2 heterocycles. The van der Waals surface area contributed by atoms with Crippen molar-refractivity contribution in [2.45, 2.75) is 32.8 Å². The van der Waals surface area contributed by atoms with Gasteiger partial charge in [0.2, 0.25) is 0 Å². The van der Waals surface area contributed by atoms with Crippen LogP contribution >= 0.6 is 0 Å². The van der Waals surface area contributed by atoms with Crippen LogP contribution in [0.4, 0.5) is 4.79 Å². The van der Waals surface area contributed by atoms with Gasteiger partial charge in [0, 0.05) is 19.0 Å². The standard InChI is InChI=1S/C19H25N3O4/c1-19(2,3)26-18(23)22-10-9-13(11-22)12-25-17-16(24-4)20-14-7-5-6-8-15(14)21-17/h5-8,13H,9-12H2,1-4H3/t13-/m1/s1. The van der Waals surface area contributed by atoms with Crippen molar-refractivity contribution in [1.29, 1.82) is 0 Å². The third-order valence-electron chi connectivity index (χ3n) is 4.10. The second-order valence-corrected chi connectivity index (χ2v) is 7.42. The molecule has 0 aliphatic carbocycles. The highest BCUT2D eigenvalue weighted by atomic mass is 16.6. The van der Waals surface area contributed by atoms with Crippen molar-refractivity contribution in [2.24, 2.45) is 5.92 Å². The number of methoxy groups -OCH3 is 1. The lowest BCUT2D eigenvalue weighted by Crippen LogP contribution is -2.35. The van der Waals surface area contributed by atoms with Crippen LogP contribution in [0.15, 0.2) is 24.3 Å². The Kier molecular flexibility index (Phi) is 5.15. The van der Waals surface area contributed by atoms with E-state index in [1.165, 1.54) is 0 Å². The number of para-hydroxylation sites is 2. The summed E-state index contributed by atoms with van der Waals surface area (Å²) in [5.41, 5.74) is 1.03. The summed E-state index contributed by atoms with van der Waals surface area (Å²) >= 11 is 0. The number of likely N-dealkylation sites (tertiary alicyclic amines) is 1. The molecule has 0 saturated carbocycles. The summed E-state index contributed by atoms with van der Waals surface area (Å²) in [6.07, 6.45) is 0.589. The predicted molar refractivity (Wildman–Crippen MR) is 97.5 cm³/mol. The Hall–Kier alpha value is -2.57. The van der Waals surface area contributed by atoms with Gasteiger partial charge in [-0.1, -0.05) is 12.1 Å². The van der Waals surface area contributed by atoms with Gasteiger partial charge in [0.15, 0.2) is 0 Å². The quantitative estimate of drug-likeness (QED) is 0.834. The first-order chi connectivity index (χ1) is 12.4. The summed E-state index contributed by atoms with van der Waals surface area (Å²) in [5.74, 6) is 0.966. The molecule has 0 spiro atoms. The summed E-state index contributed by atoms with van der Waals surface area (Å²) in [5, 5.41) is 0. The van der Waals surface area contributed by atoms with Gasteiger partial charge in [-0.3, -0.25) is 0 Å². The van der Waals surface area contributed by atoms with E-state index in [0.717, 1.165) is 17.5 Å². The third-order valence-corrected chi connectivity index (χ3v) is 4.10. The average molecular weight is 359 g/mol. The molecule has 1 atom stereocenters. The summed E-state index contributed by atoms with van der Waals surface area (Å²) in [7, 11) is 1.55. The van der Waals surface area contributed by atoms with Crippen LogP contribution in [0.5, 0.6) is 11.8 Å². The monoisotopic (exact) mass is 359 g/mol. The molecule has 3 rings (SSSR count). The lowest BCUT2D eigenvalue weighted by Gasteiger charge is -2.24. The van der Waals surface area contributed by atoms with E-state index < -0.39 is 5.60 Å². The molecule has 1 aliphatic rings. The summed E-state index contributed by atoms with van der Waals surface area (Å²) < 4.78 is 16.6. The Morgan fingerprint density at radius 1 is 1.19 bits per heavy atom. The first-order valence-electron chi connectivity index (χ1n) is 8.77. The van der Waals surface area contributed by atoms with Gasteiger partial charge in [-0.15, -0.1) is 0 Å². The van der Waals surface area contributed by atoms with Gasteiger partial charge in [0.05, 0.1) is 24.8 Å². The highest BCUT2D eigenvalue weighted by Gasteiger charge is 2.30. The minimum Gasteiger partial charge on any atom is -0.477 e. The third kappa shape index (κ3) is 4.33. The molecule has 1 fully saturated rings. The smallest absolute Gasteiger partial charge is 0.410 e. The molecule has 1 amide bonds. The van der Waals surface area contributed by atoms with Gasteiger partial charge >= 0.3 is 6.09 Å². The zero-order chi connectivity index (χ0) is 18.7. The lowest BCUT2D eigenvalue weighted by atomic mass is 10.1. The van der Waals surface area contributed by atoms with Crippen LogP contribution in [0.3, 0.4) is 0 Å². The summed E-state index contributed by atoms with van der Waals surface area (Å²) in [6, 6.07) is 7.57. The molecule has 0 N–H and O–H groups in total. The Labute approximate surface area is 153 Å². The van der Waals surface area contributed by atoms with Gasteiger partial charge in [-0.05, 0) is 39.3 Å². The van der Waals surface area contributed by atoms with Crippen LogP contribution in [0.1, 0.15) is 27.2 Å². The van der Waals surface area contributed by atoms with Crippen LogP contribution in [-0.2, 0) is 4.74 Å². The lowest BCUT2D eigenvalue weighted by molar-refractivity contribution is 0.0284. The molecular weight excluding hydrogens is 334 g/mol. The second-order valence-electron chi connectivity index (χ2n) is 7.42. The molecule has 2 aromatic rings. The summed E-state index contributed by atoms with van der Waals surface area (Å²) in [4.78, 5) is 22.8. The number of hydrogen-bond acceptors (Lipinski definition) is 6. The molecule has 1 saturated heterocycles. The molecule has 7 nitrogen and oxygen atoms in total. The number of ether oxygens (including phenoxy) is 3. The Bertz CT molecular complexity index is 788. The number of rotatable bonds is 4. The van der Waals surface area contributed by atoms with Crippen LogP contribution in [0, 0.1) is 5.92 Å². The minimum atomic E-state index is -0.486. The highest BCUT2D eigenvalue weighted by Crippen LogP contribution is 2.27. The van der Waals surface area contributed by atoms with Crippen LogP contribution in [0.2, 0.25) is 0 Å². The van der Waals surface area contributed by atoms with E-state index in [-0.39, 0.29) is 12.0 Å². The van der Waals surface area contributed by atoms with Crippen molar-refractivity contribution in [3.63, 3.8) is 0 Å². The maximum absolute atomic E-state index is 12.1. The number of nitrogens with zero attached hydrogens (tertiary/aromatic N) is 3. The van der Waals surface area contributed by atoms with E-state index in [1.807, 2.05) is 45.0 Å². The van der Waals surface area contributed by atoms with Gasteiger partial charge in [0.1, 0.15) is 5.60 Å². The zero-order valence-electron chi connectivity index (χ0n) is 15.7. The molecule has 0 bridgehead atoms. The number of aromatic nitrogens is 2. The molecular formula is C19H25N3O4. The first-order valence-corrected chi connectivity index (χ1v) is 8.77. The molecule has 140 valence electrons. The van der Waals surface area contributed by atoms with E-state index in [2.05, 4.69) is 9.97 Å². The number of fused-ring (bicyclic) bond motifs is 1. The van der Waals surface area contributed by atoms with Crippen molar-refractivity contribution in [3.05, 3.63) is 24.3 Å². The minimum absolute atomic E-state index is 0.223. The van der Waals surface area contributed by atoms with E-state index >= 15 is 0 Å². The van der Waals surface area contributed by atoms with E-state index in [1.54, 1.807) is 12.0 Å². The number of hydrogen-bond donors (Lipinski definition) is 0. The van der Waals surface area contributed by atoms with Gasteiger partial charge in [-0.25, -0.2) is 14.8 Å². The van der Waals surface area contributed by atoms with Crippen molar-refractivity contribution in [3.8, 4) is 11.8 Å². The van der Waals surface area contributed by atoms with Gasteiger partial charge in [-0.2, -0.15) is 0 Å². The molecule has 26 heavy (non-hydrogen) atoms. The SMILES string of the molecule is COc1nc2ccccc2nc1OC[C@@H]1CCN(C(=O)OC(C)(C)C)C1. The van der Waals surface area contributed by atoms with Crippen LogP contribution in [0.25, 0.3) is 11.0 Å².